The molecule has 0 aromatic carbocycles. The lowest BCUT2D eigenvalue weighted by molar-refractivity contribution is -0.213. The topological polar surface area (TPSA) is 29.5 Å². The van der Waals surface area contributed by atoms with E-state index in [1.54, 1.807) is 12.2 Å². The summed E-state index contributed by atoms with van der Waals surface area (Å²) in [6.07, 6.45) is 4.05. The predicted octanol–water partition coefficient (Wildman–Crippen LogP) is 3.48. The molecule has 0 saturated carbocycles. The molecule has 1 N–H and O–H groups in total. The molecule has 2 heteroatoms. The zero-order valence-corrected chi connectivity index (χ0v) is 10.6. The monoisotopic (exact) mass is 212 g/mol. The van der Waals surface area contributed by atoms with Gasteiger partial charge in [0, 0.05) is 12.3 Å². The zero-order chi connectivity index (χ0) is 12.1. The van der Waals surface area contributed by atoms with Gasteiger partial charge in [0.2, 0.25) is 5.79 Å². The Hall–Kier alpha value is -0.760. The quantitative estimate of drug-likeness (QED) is 0.415. The van der Waals surface area contributed by atoms with Crippen molar-refractivity contribution in [2.45, 2.75) is 46.8 Å². The molecule has 0 saturated heterocycles. The minimum absolute atomic E-state index is 0.0507. The molecular weight excluding hydrogens is 188 g/mol. The van der Waals surface area contributed by atoms with E-state index in [0.717, 1.165) is 0 Å². The normalized spacial score (nSPS) is 16.7. The van der Waals surface area contributed by atoms with Gasteiger partial charge in [0.05, 0.1) is 0 Å². The second-order valence-electron chi connectivity index (χ2n) is 4.59. The Morgan fingerprint density at radius 1 is 1.40 bits per heavy atom. The highest BCUT2D eigenvalue weighted by molar-refractivity contribution is 5.08. The number of rotatable bonds is 6. The largest absolute Gasteiger partial charge is 0.463 e. The van der Waals surface area contributed by atoms with Crippen LogP contribution in [0.25, 0.3) is 0 Å². The number of aliphatic hydroxyl groups is 1. The smallest absolute Gasteiger partial charge is 0.210 e. The van der Waals surface area contributed by atoms with Gasteiger partial charge in [0.15, 0.2) is 0 Å². The van der Waals surface area contributed by atoms with Crippen LogP contribution >= 0.6 is 0 Å². The Morgan fingerprint density at radius 3 is 2.20 bits per heavy atom. The number of hydrogen-bond acceptors (Lipinski definition) is 2. The standard InChI is InChI=1S/C13H24O2/c1-7-12(8-2)15-13(14,11(5)6)9-10(3)4/h7-8,10-11,14H,1,9H2,2-6H3/b12-8+. The van der Waals surface area contributed by atoms with E-state index in [1.165, 1.54) is 0 Å². The van der Waals surface area contributed by atoms with Gasteiger partial charge >= 0.3 is 0 Å². The van der Waals surface area contributed by atoms with E-state index in [4.69, 9.17) is 4.74 Å². The predicted molar refractivity (Wildman–Crippen MR) is 64.3 cm³/mol. The van der Waals surface area contributed by atoms with Crippen LogP contribution < -0.4 is 0 Å². The molecule has 0 aromatic rings. The Bertz CT molecular complexity index is 229. The van der Waals surface area contributed by atoms with E-state index in [0.29, 0.717) is 18.1 Å². The maximum Gasteiger partial charge on any atom is 0.210 e. The lowest BCUT2D eigenvalue weighted by atomic mass is 9.93. The fourth-order valence-corrected chi connectivity index (χ4v) is 1.40. The average molecular weight is 212 g/mol. The summed E-state index contributed by atoms with van der Waals surface area (Å²) in [6.45, 7) is 13.6. The summed E-state index contributed by atoms with van der Waals surface area (Å²) < 4.78 is 5.61. The van der Waals surface area contributed by atoms with Gasteiger partial charge in [-0.2, -0.15) is 0 Å². The van der Waals surface area contributed by atoms with Gasteiger partial charge in [0.1, 0.15) is 5.76 Å². The molecule has 0 heterocycles. The van der Waals surface area contributed by atoms with Crippen molar-refractivity contribution in [3.8, 4) is 0 Å². The highest BCUT2D eigenvalue weighted by Gasteiger charge is 2.34. The van der Waals surface area contributed by atoms with E-state index in [-0.39, 0.29) is 5.92 Å². The highest BCUT2D eigenvalue weighted by Crippen LogP contribution is 2.29. The lowest BCUT2D eigenvalue weighted by Gasteiger charge is -2.34. The van der Waals surface area contributed by atoms with Crippen LogP contribution in [0.15, 0.2) is 24.5 Å². The van der Waals surface area contributed by atoms with Crippen molar-refractivity contribution in [2.24, 2.45) is 11.8 Å². The number of allylic oxidation sites excluding steroid dienone is 2. The van der Waals surface area contributed by atoms with Gasteiger partial charge in [-0.15, -0.1) is 0 Å². The summed E-state index contributed by atoms with van der Waals surface area (Å²) in [6, 6.07) is 0. The molecule has 0 radical (unpaired) electrons. The molecule has 0 aliphatic heterocycles. The van der Waals surface area contributed by atoms with Gasteiger partial charge in [0.25, 0.3) is 0 Å². The van der Waals surface area contributed by atoms with E-state index < -0.39 is 5.79 Å². The van der Waals surface area contributed by atoms with Crippen molar-refractivity contribution in [1.29, 1.82) is 0 Å². The Balaban J connectivity index is 4.72. The number of hydrogen-bond donors (Lipinski definition) is 1. The van der Waals surface area contributed by atoms with Crippen LogP contribution in [0, 0.1) is 11.8 Å². The van der Waals surface area contributed by atoms with E-state index in [9.17, 15) is 5.11 Å². The molecule has 0 spiro atoms. The van der Waals surface area contributed by atoms with Crippen molar-refractivity contribution in [2.75, 3.05) is 0 Å². The molecule has 88 valence electrons. The first-order valence-corrected chi connectivity index (χ1v) is 5.55. The molecule has 1 unspecified atom stereocenters. The molecule has 0 bridgehead atoms. The summed E-state index contributed by atoms with van der Waals surface area (Å²) in [7, 11) is 0. The maximum absolute atomic E-state index is 10.4. The summed E-state index contributed by atoms with van der Waals surface area (Å²) in [5.74, 6) is -0.0218. The van der Waals surface area contributed by atoms with Crippen molar-refractivity contribution in [3.63, 3.8) is 0 Å². The lowest BCUT2D eigenvalue weighted by Crippen LogP contribution is -2.39. The van der Waals surface area contributed by atoms with Gasteiger partial charge < -0.3 is 9.84 Å². The summed E-state index contributed by atoms with van der Waals surface area (Å²) in [5, 5.41) is 10.4. The fraction of sp³-hybridized carbons (Fsp3) is 0.692. The molecule has 0 rings (SSSR count). The Morgan fingerprint density at radius 2 is 1.93 bits per heavy atom. The summed E-state index contributed by atoms with van der Waals surface area (Å²) in [5.41, 5.74) is 0. The van der Waals surface area contributed by atoms with Gasteiger partial charge in [-0.25, -0.2) is 0 Å². The van der Waals surface area contributed by atoms with Gasteiger partial charge in [-0.3, -0.25) is 0 Å². The third-order valence-corrected chi connectivity index (χ3v) is 2.38. The second kappa shape index (κ2) is 5.96. The first kappa shape index (κ1) is 14.2. The van der Waals surface area contributed by atoms with E-state index >= 15 is 0 Å². The molecule has 2 nitrogen and oxygen atoms in total. The first-order chi connectivity index (χ1) is 6.85. The summed E-state index contributed by atoms with van der Waals surface area (Å²) >= 11 is 0. The third-order valence-electron chi connectivity index (χ3n) is 2.38. The molecule has 0 fully saturated rings. The Kier molecular flexibility index (Phi) is 5.66. The van der Waals surface area contributed by atoms with Crippen molar-refractivity contribution >= 4 is 0 Å². The van der Waals surface area contributed by atoms with Crippen LogP contribution in [-0.2, 0) is 4.74 Å². The van der Waals surface area contributed by atoms with Crippen molar-refractivity contribution in [1.82, 2.24) is 0 Å². The second-order valence-corrected chi connectivity index (χ2v) is 4.59. The van der Waals surface area contributed by atoms with Crippen LogP contribution in [0.2, 0.25) is 0 Å². The van der Waals surface area contributed by atoms with Crippen molar-refractivity contribution in [3.05, 3.63) is 24.5 Å². The minimum Gasteiger partial charge on any atom is -0.463 e. The van der Waals surface area contributed by atoms with Crippen molar-refractivity contribution < 1.29 is 9.84 Å². The molecule has 0 aliphatic rings. The Labute approximate surface area is 93.6 Å². The van der Waals surface area contributed by atoms with E-state index in [1.807, 2.05) is 20.8 Å². The number of ether oxygens (including phenoxy) is 1. The zero-order valence-electron chi connectivity index (χ0n) is 10.6. The van der Waals surface area contributed by atoms with Gasteiger partial charge in [-0.05, 0) is 25.0 Å². The molecular formula is C13H24O2. The van der Waals surface area contributed by atoms with Crippen LogP contribution in [0.4, 0.5) is 0 Å². The minimum atomic E-state index is -1.09. The van der Waals surface area contributed by atoms with Crippen LogP contribution in [0.5, 0.6) is 0 Å². The first-order valence-electron chi connectivity index (χ1n) is 5.55. The fourth-order valence-electron chi connectivity index (χ4n) is 1.40. The van der Waals surface area contributed by atoms with E-state index in [2.05, 4.69) is 20.4 Å². The SMILES string of the molecule is C=C/C(=C\C)OC(O)(CC(C)C)C(C)C. The van der Waals surface area contributed by atoms with Crippen LogP contribution in [-0.4, -0.2) is 10.9 Å². The maximum atomic E-state index is 10.4. The van der Waals surface area contributed by atoms with Crippen LogP contribution in [0.1, 0.15) is 41.0 Å². The molecule has 0 aromatic heterocycles. The highest BCUT2D eigenvalue weighted by atomic mass is 16.6. The molecule has 0 amide bonds. The van der Waals surface area contributed by atoms with Crippen LogP contribution in [0.3, 0.4) is 0 Å². The molecule has 1 atom stereocenters. The molecule has 15 heavy (non-hydrogen) atoms. The summed E-state index contributed by atoms with van der Waals surface area (Å²) in [4.78, 5) is 0. The third kappa shape index (κ3) is 4.52. The molecule has 0 aliphatic carbocycles. The van der Waals surface area contributed by atoms with Gasteiger partial charge in [-0.1, -0.05) is 34.3 Å². The average Bonchev–Trinajstić information content (AvgIpc) is 2.12.